The predicted molar refractivity (Wildman–Crippen MR) is 75.0 cm³/mol. The van der Waals surface area contributed by atoms with Crippen LogP contribution in [0.4, 0.5) is 0 Å². The van der Waals surface area contributed by atoms with Crippen LogP contribution in [0.15, 0.2) is 29.2 Å². The van der Waals surface area contributed by atoms with Gasteiger partial charge in [-0.25, -0.2) is 17.9 Å². The average Bonchev–Trinajstić information content (AvgIpc) is 3.16. The molecular weight excluding hydrogens is 294 g/mol. The first-order chi connectivity index (χ1) is 9.85. The van der Waals surface area contributed by atoms with Crippen molar-refractivity contribution in [3.05, 3.63) is 29.8 Å². The van der Waals surface area contributed by atoms with Gasteiger partial charge < -0.3 is 4.74 Å². The molecule has 0 saturated heterocycles. The molecule has 1 amide bonds. The minimum absolute atomic E-state index is 0.0581. The smallest absolute Gasteiger partial charge is 0.338 e. The molecular formula is C14H17NO5S. The number of ether oxygens (including phenoxy) is 1. The molecule has 0 spiro atoms. The van der Waals surface area contributed by atoms with Gasteiger partial charge in [-0.15, -0.1) is 0 Å². The zero-order valence-electron chi connectivity index (χ0n) is 11.8. The van der Waals surface area contributed by atoms with Crippen LogP contribution in [-0.4, -0.2) is 26.9 Å². The van der Waals surface area contributed by atoms with Gasteiger partial charge in [-0.1, -0.05) is 6.92 Å². The number of hydrogen-bond donors (Lipinski definition) is 1. The van der Waals surface area contributed by atoms with Crippen LogP contribution in [-0.2, 0) is 19.6 Å². The van der Waals surface area contributed by atoms with Crippen molar-refractivity contribution in [3.63, 3.8) is 0 Å². The maximum Gasteiger partial charge on any atom is 0.338 e. The molecule has 21 heavy (non-hydrogen) atoms. The number of carbonyl (C=O) groups is 2. The molecule has 0 heterocycles. The molecule has 2 atom stereocenters. The number of esters is 1. The summed E-state index contributed by atoms with van der Waals surface area (Å²) >= 11 is 0. The Morgan fingerprint density at radius 2 is 1.86 bits per heavy atom. The highest BCUT2D eigenvalue weighted by Crippen LogP contribution is 2.37. The number of nitrogens with one attached hydrogen (secondary N) is 1. The summed E-state index contributed by atoms with van der Waals surface area (Å²) < 4.78 is 30.9. The highest BCUT2D eigenvalue weighted by Gasteiger charge is 2.40. The largest absolute Gasteiger partial charge is 0.462 e. The molecule has 1 N–H and O–H groups in total. The first-order valence-corrected chi connectivity index (χ1v) is 8.17. The van der Waals surface area contributed by atoms with Crippen molar-refractivity contribution in [3.8, 4) is 0 Å². The lowest BCUT2D eigenvalue weighted by Crippen LogP contribution is -2.32. The van der Waals surface area contributed by atoms with Crippen LogP contribution in [0.1, 0.15) is 30.6 Å². The fourth-order valence-electron chi connectivity index (χ4n) is 1.94. The summed E-state index contributed by atoms with van der Waals surface area (Å²) in [5, 5.41) is 0. The fraction of sp³-hybridized carbons (Fsp3) is 0.429. The second-order valence-electron chi connectivity index (χ2n) is 5.03. The molecule has 1 fully saturated rings. The minimum Gasteiger partial charge on any atom is -0.462 e. The SMILES string of the molecule is CCOC(=O)c1ccc(S(=O)(=O)NC(=O)C2CC2C)cc1. The fourth-order valence-corrected chi connectivity index (χ4v) is 2.97. The van der Waals surface area contributed by atoms with E-state index in [1.165, 1.54) is 24.3 Å². The van der Waals surface area contributed by atoms with E-state index in [4.69, 9.17) is 4.74 Å². The molecule has 1 aliphatic carbocycles. The number of benzene rings is 1. The summed E-state index contributed by atoms with van der Waals surface area (Å²) in [4.78, 5) is 23.1. The Bertz CT molecular complexity index is 650. The van der Waals surface area contributed by atoms with E-state index >= 15 is 0 Å². The van der Waals surface area contributed by atoms with Gasteiger partial charge in [0, 0.05) is 5.92 Å². The normalized spacial score (nSPS) is 20.7. The van der Waals surface area contributed by atoms with Gasteiger partial charge in [-0.3, -0.25) is 4.79 Å². The highest BCUT2D eigenvalue weighted by atomic mass is 32.2. The number of sulfonamides is 1. The third-order valence-electron chi connectivity index (χ3n) is 3.36. The predicted octanol–water partition coefficient (Wildman–Crippen LogP) is 1.32. The van der Waals surface area contributed by atoms with Gasteiger partial charge in [0.1, 0.15) is 0 Å². The zero-order chi connectivity index (χ0) is 15.6. The number of carbonyl (C=O) groups excluding carboxylic acids is 2. The van der Waals surface area contributed by atoms with E-state index in [9.17, 15) is 18.0 Å². The minimum atomic E-state index is -3.89. The monoisotopic (exact) mass is 311 g/mol. The molecule has 0 aliphatic heterocycles. The standard InChI is InChI=1S/C14H17NO5S/c1-3-20-14(17)10-4-6-11(7-5-10)21(18,19)15-13(16)12-8-9(12)2/h4-7,9,12H,3,8H2,1-2H3,(H,15,16). The van der Waals surface area contributed by atoms with E-state index in [0.717, 1.165) is 0 Å². The van der Waals surface area contributed by atoms with Crippen LogP contribution in [0.25, 0.3) is 0 Å². The number of rotatable bonds is 5. The van der Waals surface area contributed by atoms with E-state index in [2.05, 4.69) is 4.72 Å². The van der Waals surface area contributed by atoms with Gasteiger partial charge in [0.25, 0.3) is 10.0 Å². The maximum atomic E-state index is 12.0. The molecule has 1 saturated carbocycles. The Balaban J connectivity index is 2.10. The molecule has 1 aromatic rings. The molecule has 6 nitrogen and oxygen atoms in total. The van der Waals surface area contributed by atoms with Crippen molar-refractivity contribution in [1.82, 2.24) is 4.72 Å². The van der Waals surface area contributed by atoms with Crippen LogP contribution in [0.5, 0.6) is 0 Å². The van der Waals surface area contributed by atoms with Gasteiger partial charge >= 0.3 is 5.97 Å². The third-order valence-corrected chi connectivity index (χ3v) is 4.72. The lowest BCUT2D eigenvalue weighted by molar-refractivity contribution is -0.120. The van der Waals surface area contributed by atoms with Crippen LogP contribution in [0.3, 0.4) is 0 Å². The van der Waals surface area contributed by atoms with E-state index in [1.54, 1.807) is 6.92 Å². The summed E-state index contributed by atoms with van der Waals surface area (Å²) in [7, 11) is -3.89. The molecule has 0 bridgehead atoms. The van der Waals surface area contributed by atoms with Gasteiger partial charge in [0.05, 0.1) is 17.1 Å². The van der Waals surface area contributed by atoms with Crippen molar-refractivity contribution in [2.24, 2.45) is 11.8 Å². The Morgan fingerprint density at radius 3 is 2.33 bits per heavy atom. The Hall–Kier alpha value is -1.89. The topological polar surface area (TPSA) is 89.5 Å². The molecule has 7 heteroatoms. The van der Waals surface area contributed by atoms with Crippen LogP contribution in [0, 0.1) is 11.8 Å². The molecule has 2 rings (SSSR count). The van der Waals surface area contributed by atoms with Crippen molar-refractivity contribution in [2.75, 3.05) is 6.61 Å². The third kappa shape index (κ3) is 3.60. The molecule has 2 unspecified atom stereocenters. The summed E-state index contributed by atoms with van der Waals surface area (Å²) in [6, 6.07) is 5.27. The molecule has 0 aromatic heterocycles. The summed E-state index contributed by atoms with van der Waals surface area (Å²) in [5.41, 5.74) is 0.262. The van der Waals surface area contributed by atoms with Crippen LogP contribution >= 0.6 is 0 Å². The Morgan fingerprint density at radius 1 is 1.29 bits per heavy atom. The second kappa shape index (κ2) is 5.85. The quantitative estimate of drug-likeness (QED) is 0.828. The summed E-state index contributed by atoms with van der Waals surface area (Å²) in [6.07, 6.45) is 0.711. The molecule has 114 valence electrons. The van der Waals surface area contributed by atoms with E-state index < -0.39 is 21.9 Å². The summed E-state index contributed by atoms with van der Waals surface area (Å²) in [6.45, 7) is 3.82. The van der Waals surface area contributed by atoms with Gasteiger partial charge in [-0.2, -0.15) is 0 Å². The van der Waals surface area contributed by atoms with Crippen LogP contribution < -0.4 is 4.72 Å². The lowest BCUT2D eigenvalue weighted by atomic mass is 10.2. The molecule has 1 aliphatic rings. The summed E-state index contributed by atoms with van der Waals surface area (Å²) in [5.74, 6) is -0.987. The van der Waals surface area contributed by atoms with Crippen molar-refractivity contribution in [1.29, 1.82) is 0 Å². The van der Waals surface area contributed by atoms with E-state index in [1.807, 2.05) is 6.92 Å². The van der Waals surface area contributed by atoms with Gasteiger partial charge in [0.2, 0.25) is 5.91 Å². The van der Waals surface area contributed by atoms with Crippen LogP contribution in [0.2, 0.25) is 0 Å². The Kier molecular flexibility index (Phi) is 4.32. The first kappa shape index (κ1) is 15.5. The molecule has 1 aromatic carbocycles. The van der Waals surface area contributed by atoms with Crippen molar-refractivity contribution in [2.45, 2.75) is 25.2 Å². The van der Waals surface area contributed by atoms with E-state index in [-0.39, 0.29) is 28.9 Å². The average molecular weight is 311 g/mol. The lowest BCUT2D eigenvalue weighted by Gasteiger charge is -2.07. The molecule has 0 radical (unpaired) electrons. The Labute approximate surface area is 123 Å². The van der Waals surface area contributed by atoms with Gasteiger partial charge in [-0.05, 0) is 43.5 Å². The van der Waals surface area contributed by atoms with Crippen molar-refractivity contribution >= 4 is 21.9 Å². The maximum absolute atomic E-state index is 12.0. The number of hydrogen-bond acceptors (Lipinski definition) is 5. The van der Waals surface area contributed by atoms with Crippen molar-refractivity contribution < 1.29 is 22.7 Å². The van der Waals surface area contributed by atoms with E-state index in [0.29, 0.717) is 6.42 Å². The first-order valence-electron chi connectivity index (χ1n) is 6.69. The second-order valence-corrected chi connectivity index (χ2v) is 6.72. The van der Waals surface area contributed by atoms with Gasteiger partial charge in [0.15, 0.2) is 0 Å². The number of amides is 1. The zero-order valence-corrected chi connectivity index (χ0v) is 12.6. The highest BCUT2D eigenvalue weighted by molar-refractivity contribution is 7.90.